The van der Waals surface area contributed by atoms with E-state index in [2.05, 4.69) is 51.2 Å². The van der Waals surface area contributed by atoms with Gasteiger partial charge in [0.2, 0.25) is 0 Å². The molecule has 166 valence electrons. The van der Waals surface area contributed by atoms with Crippen LogP contribution in [0.15, 0.2) is 23.8 Å². The van der Waals surface area contributed by atoms with Gasteiger partial charge in [-0.15, -0.1) is 0 Å². The summed E-state index contributed by atoms with van der Waals surface area (Å²) < 4.78 is 0. The molecule has 1 rings (SSSR count). The molecule has 0 bridgehead atoms. The quantitative estimate of drug-likeness (QED) is 0.341. The third kappa shape index (κ3) is 23.4. The largest absolute Gasteiger partial charge is 0.314 e. The average molecular weight is 384 g/mol. The second-order valence-corrected chi connectivity index (χ2v) is 6.37. The zero-order valence-electron chi connectivity index (χ0n) is 21.4. The van der Waals surface area contributed by atoms with E-state index in [1.807, 2.05) is 55.4 Å². The van der Waals surface area contributed by atoms with Gasteiger partial charge in [-0.3, -0.25) is 0 Å². The van der Waals surface area contributed by atoms with Gasteiger partial charge in [0.1, 0.15) is 0 Å². The average Bonchev–Trinajstić information content (AvgIpc) is 2.74. The Morgan fingerprint density at radius 3 is 1.78 bits per heavy atom. The van der Waals surface area contributed by atoms with E-state index in [4.69, 9.17) is 0 Å². The lowest BCUT2D eigenvalue weighted by Gasteiger charge is -2.26. The summed E-state index contributed by atoms with van der Waals surface area (Å²) in [7, 11) is 0. The summed E-state index contributed by atoms with van der Waals surface area (Å²) in [4.78, 5) is 0. The first-order valence-electron chi connectivity index (χ1n) is 12.2. The van der Waals surface area contributed by atoms with Crippen molar-refractivity contribution in [3.05, 3.63) is 23.8 Å². The highest BCUT2D eigenvalue weighted by molar-refractivity contribution is 5.20. The van der Waals surface area contributed by atoms with E-state index in [1.165, 1.54) is 31.3 Å². The molecule has 0 amide bonds. The monoisotopic (exact) mass is 383 g/mol. The van der Waals surface area contributed by atoms with E-state index in [1.54, 1.807) is 0 Å². The fraction of sp³-hybridized carbons (Fsp3) is 0.846. The highest BCUT2D eigenvalue weighted by Gasteiger charge is 2.16. The van der Waals surface area contributed by atoms with Crippen LogP contribution in [-0.4, -0.2) is 12.6 Å². The first-order chi connectivity index (χ1) is 13.1. The lowest BCUT2D eigenvalue weighted by atomic mass is 9.87. The van der Waals surface area contributed by atoms with Gasteiger partial charge < -0.3 is 5.32 Å². The lowest BCUT2D eigenvalue weighted by molar-refractivity contribution is 0.309. The van der Waals surface area contributed by atoms with Crippen molar-refractivity contribution >= 4 is 0 Å². The molecule has 0 saturated heterocycles. The van der Waals surface area contributed by atoms with Crippen molar-refractivity contribution in [1.29, 1.82) is 0 Å². The van der Waals surface area contributed by atoms with Gasteiger partial charge in [-0.2, -0.15) is 0 Å². The molecule has 27 heavy (non-hydrogen) atoms. The molecular formula is C26H57N. The summed E-state index contributed by atoms with van der Waals surface area (Å²) in [6, 6.07) is 0.778. The van der Waals surface area contributed by atoms with Crippen LogP contribution in [0, 0.1) is 11.8 Å². The van der Waals surface area contributed by atoms with Crippen molar-refractivity contribution in [2.75, 3.05) is 6.54 Å². The van der Waals surface area contributed by atoms with Crippen LogP contribution in [0.2, 0.25) is 0 Å². The molecule has 0 heterocycles. The van der Waals surface area contributed by atoms with Crippen LogP contribution in [0.3, 0.4) is 0 Å². The minimum atomic E-state index is 0.643. The Labute approximate surface area is 175 Å². The maximum absolute atomic E-state index is 3.71. The highest BCUT2D eigenvalue weighted by Crippen LogP contribution is 2.23. The molecular weight excluding hydrogens is 326 g/mol. The van der Waals surface area contributed by atoms with Crippen molar-refractivity contribution in [3.63, 3.8) is 0 Å². The number of nitrogens with one attached hydrogen (secondary N) is 1. The molecule has 1 nitrogen and oxygen atoms in total. The van der Waals surface area contributed by atoms with E-state index in [0.717, 1.165) is 31.3 Å². The van der Waals surface area contributed by atoms with E-state index < -0.39 is 0 Å². The van der Waals surface area contributed by atoms with Crippen LogP contribution in [0.1, 0.15) is 122 Å². The van der Waals surface area contributed by atoms with Gasteiger partial charge in [0.15, 0.2) is 0 Å². The molecule has 0 radical (unpaired) electrons. The van der Waals surface area contributed by atoms with Gasteiger partial charge >= 0.3 is 0 Å². The smallest absolute Gasteiger partial charge is 0.00673 e. The molecule has 0 aliphatic heterocycles. The fourth-order valence-corrected chi connectivity index (χ4v) is 2.79. The summed E-state index contributed by atoms with van der Waals surface area (Å²) in [5.41, 5.74) is 1.48. The zero-order valence-corrected chi connectivity index (χ0v) is 21.4. The Bertz CT molecular complexity index is 281. The van der Waals surface area contributed by atoms with Crippen molar-refractivity contribution in [2.45, 2.75) is 128 Å². The molecule has 0 aromatic carbocycles. The molecule has 1 heteroatoms. The van der Waals surface area contributed by atoms with Crippen LogP contribution in [-0.2, 0) is 0 Å². The molecule has 0 aromatic heterocycles. The SMILES string of the molecule is CC.CC.CC.CC.CC/C=C(\C=C\CCNC1CCC(C)CC1)C(C)C. The molecule has 0 aromatic rings. The predicted octanol–water partition coefficient (Wildman–Crippen LogP) is 9.20. The fourth-order valence-electron chi connectivity index (χ4n) is 2.79. The topological polar surface area (TPSA) is 12.0 Å². The first-order valence-corrected chi connectivity index (χ1v) is 12.2. The summed E-state index contributed by atoms with van der Waals surface area (Å²) in [5, 5.41) is 3.71. The van der Waals surface area contributed by atoms with E-state index in [-0.39, 0.29) is 0 Å². The highest BCUT2D eigenvalue weighted by atomic mass is 14.9. The summed E-state index contributed by atoms with van der Waals surface area (Å²) in [6.07, 6.45) is 14.8. The van der Waals surface area contributed by atoms with Crippen LogP contribution < -0.4 is 5.32 Å². The first kappa shape index (κ1) is 34.0. The van der Waals surface area contributed by atoms with Gasteiger partial charge in [-0.1, -0.05) is 101 Å². The van der Waals surface area contributed by atoms with Crippen LogP contribution in [0.4, 0.5) is 0 Å². The summed E-state index contributed by atoms with van der Waals surface area (Å²) >= 11 is 0. The van der Waals surface area contributed by atoms with Gasteiger partial charge in [0, 0.05) is 6.04 Å². The minimum Gasteiger partial charge on any atom is -0.314 e. The molecule has 1 saturated carbocycles. The third-order valence-electron chi connectivity index (χ3n) is 4.18. The van der Waals surface area contributed by atoms with Crippen LogP contribution in [0.5, 0.6) is 0 Å². The molecule has 0 spiro atoms. The maximum atomic E-state index is 3.71. The summed E-state index contributed by atoms with van der Waals surface area (Å²) in [6.45, 7) is 26.3. The van der Waals surface area contributed by atoms with Crippen molar-refractivity contribution in [2.24, 2.45) is 11.8 Å². The van der Waals surface area contributed by atoms with Crippen LogP contribution >= 0.6 is 0 Å². The normalized spacial score (nSPS) is 18.8. The van der Waals surface area contributed by atoms with Crippen LogP contribution in [0.25, 0.3) is 0 Å². The van der Waals surface area contributed by atoms with Gasteiger partial charge in [0.05, 0.1) is 0 Å². The molecule has 0 atom stereocenters. The molecule has 0 unspecified atom stereocenters. The van der Waals surface area contributed by atoms with E-state index in [9.17, 15) is 0 Å². The molecule has 1 fully saturated rings. The number of rotatable bonds is 7. The Morgan fingerprint density at radius 2 is 1.37 bits per heavy atom. The Morgan fingerprint density at radius 1 is 0.889 bits per heavy atom. The third-order valence-corrected chi connectivity index (χ3v) is 4.18. The predicted molar refractivity (Wildman–Crippen MR) is 132 cm³/mol. The maximum Gasteiger partial charge on any atom is 0.00673 e. The lowest BCUT2D eigenvalue weighted by Crippen LogP contribution is -2.33. The Kier molecular flexibility index (Phi) is 38.0. The second-order valence-electron chi connectivity index (χ2n) is 6.37. The molecule has 1 aliphatic rings. The number of hydrogen-bond donors (Lipinski definition) is 1. The molecule has 1 N–H and O–H groups in total. The van der Waals surface area contributed by atoms with Crippen molar-refractivity contribution < 1.29 is 0 Å². The Hall–Kier alpha value is -0.560. The standard InChI is InChI=1S/C18H33N.4C2H6/c1-5-8-17(15(2)3)9-6-7-14-19-18-12-10-16(4)11-13-18;4*1-2/h6,8-9,15-16,18-19H,5,7,10-14H2,1-4H3;4*1-2H3/b9-6+,17-8+;;;;. The summed E-state index contributed by atoms with van der Waals surface area (Å²) in [5.74, 6) is 1.59. The van der Waals surface area contributed by atoms with Crippen molar-refractivity contribution in [3.8, 4) is 0 Å². The zero-order chi connectivity index (χ0) is 22.1. The minimum absolute atomic E-state index is 0.643. The number of allylic oxidation sites excluding steroid dienone is 3. The van der Waals surface area contributed by atoms with Gasteiger partial charge in [0.25, 0.3) is 0 Å². The molecule has 1 aliphatic carbocycles. The van der Waals surface area contributed by atoms with E-state index in [0.29, 0.717) is 5.92 Å². The number of hydrogen-bond acceptors (Lipinski definition) is 1. The Balaban J connectivity index is -0.000000292. The van der Waals surface area contributed by atoms with Crippen molar-refractivity contribution in [1.82, 2.24) is 5.32 Å². The van der Waals surface area contributed by atoms with E-state index >= 15 is 0 Å². The van der Waals surface area contributed by atoms with Gasteiger partial charge in [-0.05, 0) is 62.5 Å². The van der Waals surface area contributed by atoms with Gasteiger partial charge in [-0.25, -0.2) is 0 Å². The second kappa shape index (κ2) is 30.2.